The summed E-state index contributed by atoms with van der Waals surface area (Å²) in [6.07, 6.45) is 1.14. The summed E-state index contributed by atoms with van der Waals surface area (Å²) in [5, 5.41) is 0. The number of carbonyl (C=O) groups excluding carboxylic acids is 3. The zero-order valence-electron chi connectivity index (χ0n) is 17.4. The standard InChI is InChI=1S/C20H20FN3O7S/c1-10(25)28-16-8-32-20(18(30-12(3)27)17(16)29-11(2)26)31-15-5-4-14(24-19(15)21)13-6-22-9-23-7-13/h4-7,9,16-18,20H,8H2,1-3H3/t16-,17+,18-,20+/m1/s1. The number of nitrogens with zero attached hydrogens (tertiary/aromatic N) is 3. The van der Waals surface area contributed by atoms with Gasteiger partial charge in [-0.25, -0.2) is 15.0 Å². The van der Waals surface area contributed by atoms with E-state index in [9.17, 15) is 18.8 Å². The fraction of sp³-hybridized carbons (Fsp3) is 0.400. The summed E-state index contributed by atoms with van der Waals surface area (Å²) in [6.45, 7) is 3.54. The Morgan fingerprint density at radius 3 is 2.19 bits per heavy atom. The summed E-state index contributed by atoms with van der Waals surface area (Å²) < 4.78 is 36.3. The molecule has 2 aromatic heterocycles. The Balaban J connectivity index is 1.86. The highest BCUT2D eigenvalue weighted by Gasteiger charge is 2.48. The maximum atomic E-state index is 14.7. The third-order valence-corrected chi connectivity index (χ3v) is 5.43. The van der Waals surface area contributed by atoms with Crippen LogP contribution in [-0.4, -0.2) is 62.4 Å². The zero-order chi connectivity index (χ0) is 23.3. The Bertz CT molecular complexity index is 994. The second kappa shape index (κ2) is 10.4. The smallest absolute Gasteiger partial charge is 0.303 e. The molecule has 0 aliphatic carbocycles. The topological polar surface area (TPSA) is 127 Å². The molecule has 1 aliphatic heterocycles. The molecule has 0 aromatic carbocycles. The monoisotopic (exact) mass is 465 g/mol. The molecule has 0 radical (unpaired) electrons. The molecule has 0 bridgehead atoms. The Morgan fingerprint density at radius 1 is 0.969 bits per heavy atom. The number of hydrogen-bond donors (Lipinski definition) is 0. The van der Waals surface area contributed by atoms with E-state index in [2.05, 4.69) is 15.0 Å². The van der Waals surface area contributed by atoms with Gasteiger partial charge in [-0.05, 0) is 12.1 Å². The predicted molar refractivity (Wildman–Crippen MR) is 109 cm³/mol. The summed E-state index contributed by atoms with van der Waals surface area (Å²) in [5.74, 6) is -2.88. The Hall–Kier alpha value is -3.28. The number of rotatable bonds is 6. The Labute approximate surface area is 186 Å². The molecule has 0 saturated carbocycles. The molecule has 2 aromatic rings. The number of aromatic nitrogens is 3. The second-order valence-electron chi connectivity index (χ2n) is 6.73. The number of pyridine rings is 1. The van der Waals surface area contributed by atoms with E-state index in [1.807, 2.05) is 0 Å². The molecule has 1 saturated heterocycles. The normalized spacial score (nSPS) is 22.5. The molecule has 3 rings (SSSR count). The van der Waals surface area contributed by atoms with Crippen molar-refractivity contribution in [3.05, 3.63) is 36.8 Å². The fourth-order valence-corrected chi connectivity index (χ4v) is 4.25. The molecule has 10 nitrogen and oxygen atoms in total. The number of esters is 3. The van der Waals surface area contributed by atoms with Crippen molar-refractivity contribution in [3.63, 3.8) is 0 Å². The van der Waals surface area contributed by atoms with Crippen molar-refractivity contribution in [1.29, 1.82) is 0 Å². The van der Waals surface area contributed by atoms with Crippen molar-refractivity contribution in [2.45, 2.75) is 44.5 Å². The summed E-state index contributed by atoms with van der Waals surface area (Å²) in [4.78, 5) is 46.4. The first-order chi connectivity index (χ1) is 15.2. The maximum Gasteiger partial charge on any atom is 0.303 e. The average Bonchev–Trinajstić information content (AvgIpc) is 2.73. The summed E-state index contributed by atoms with van der Waals surface area (Å²) in [6, 6.07) is 2.89. The van der Waals surface area contributed by atoms with Gasteiger partial charge in [0.05, 0.1) is 5.69 Å². The molecular weight excluding hydrogens is 445 g/mol. The van der Waals surface area contributed by atoms with Gasteiger partial charge in [-0.15, -0.1) is 11.8 Å². The van der Waals surface area contributed by atoms with Crippen LogP contribution in [0.1, 0.15) is 20.8 Å². The summed E-state index contributed by atoms with van der Waals surface area (Å²) >= 11 is 1.12. The van der Waals surface area contributed by atoms with Crippen LogP contribution in [0.2, 0.25) is 0 Å². The summed E-state index contributed by atoms with van der Waals surface area (Å²) in [7, 11) is 0. The van der Waals surface area contributed by atoms with Crippen molar-refractivity contribution in [2.24, 2.45) is 0 Å². The lowest BCUT2D eigenvalue weighted by Gasteiger charge is -2.39. The van der Waals surface area contributed by atoms with Crippen LogP contribution in [0.3, 0.4) is 0 Å². The number of hydrogen-bond acceptors (Lipinski definition) is 11. The molecule has 0 amide bonds. The number of halogens is 1. The van der Waals surface area contributed by atoms with Crippen LogP contribution in [0, 0.1) is 5.95 Å². The van der Waals surface area contributed by atoms with Gasteiger partial charge < -0.3 is 18.9 Å². The van der Waals surface area contributed by atoms with Gasteiger partial charge in [0, 0.05) is 44.5 Å². The summed E-state index contributed by atoms with van der Waals surface area (Å²) in [5.41, 5.74) is -0.143. The van der Waals surface area contributed by atoms with Crippen LogP contribution in [0.5, 0.6) is 5.75 Å². The van der Waals surface area contributed by atoms with Crippen LogP contribution in [0.25, 0.3) is 11.3 Å². The first-order valence-electron chi connectivity index (χ1n) is 9.46. The Morgan fingerprint density at radius 2 is 1.59 bits per heavy atom. The SMILES string of the molecule is CC(=O)O[C@@H]1[C@@H](OC(C)=O)[C@@H](Oc2ccc(-c3cncnc3)nc2F)SC[C@H]1OC(C)=O. The van der Waals surface area contributed by atoms with E-state index in [1.165, 1.54) is 51.6 Å². The van der Waals surface area contributed by atoms with Gasteiger partial charge in [0.1, 0.15) is 6.33 Å². The molecular formula is C20H20FN3O7S. The average molecular weight is 465 g/mol. The highest BCUT2D eigenvalue weighted by Crippen LogP contribution is 2.35. The predicted octanol–water partition coefficient (Wildman–Crippen LogP) is 1.92. The molecule has 0 N–H and O–H groups in total. The lowest BCUT2D eigenvalue weighted by Crippen LogP contribution is -2.55. The van der Waals surface area contributed by atoms with Crippen molar-refractivity contribution in [2.75, 3.05) is 5.75 Å². The largest absolute Gasteiger partial charge is 0.471 e. The maximum absolute atomic E-state index is 14.7. The van der Waals surface area contributed by atoms with E-state index in [4.69, 9.17) is 18.9 Å². The minimum atomic E-state index is -1.17. The van der Waals surface area contributed by atoms with Crippen molar-refractivity contribution >= 4 is 29.7 Å². The van der Waals surface area contributed by atoms with Crippen LogP contribution >= 0.6 is 11.8 Å². The number of ether oxygens (including phenoxy) is 4. The fourth-order valence-electron chi connectivity index (χ4n) is 3.04. The van der Waals surface area contributed by atoms with Gasteiger partial charge in [-0.2, -0.15) is 4.39 Å². The van der Waals surface area contributed by atoms with E-state index in [-0.39, 0.29) is 11.5 Å². The minimum Gasteiger partial charge on any atom is -0.471 e. The molecule has 32 heavy (non-hydrogen) atoms. The quantitative estimate of drug-likeness (QED) is 0.353. The van der Waals surface area contributed by atoms with E-state index >= 15 is 0 Å². The third-order valence-electron chi connectivity index (χ3n) is 4.22. The van der Waals surface area contributed by atoms with Gasteiger partial charge in [0.25, 0.3) is 5.95 Å². The Kier molecular flexibility index (Phi) is 7.57. The van der Waals surface area contributed by atoms with Crippen molar-refractivity contribution in [3.8, 4) is 17.0 Å². The van der Waals surface area contributed by atoms with E-state index < -0.39 is 47.6 Å². The molecule has 4 atom stereocenters. The highest BCUT2D eigenvalue weighted by atomic mass is 32.2. The van der Waals surface area contributed by atoms with Crippen LogP contribution in [-0.2, 0) is 28.6 Å². The molecule has 0 unspecified atom stereocenters. The van der Waals surface area contributed by atoms with E-state index in [0.717, 1.165) is 11.8 Å². The van der Waals surface area contributed by atoms with Gasteiger partial charge in [-0.3, -0.25) is 14.4 Å². The van der Waals surface area contributed by atoms with Gasteiger partial charge in [0.2, 0.25) is 0 Å². The molecule has 3 heterocycles. The lowest BCUT2D eigenvalue weighted by atomic mass is 10.1. The van der Waals surface area contributed by atoms with E-state index in [0.29, 0.717) is 11.3 Å². The van der Waals surface area contributed by atoms with Gasteiger partial charge in [-0.1, -0.05) is 0 Å². The van der Waals surface area contributed by atoms with Crippen molar-refractivity contribution in [1.82, 2.24) is 15.0 Å². The van der Waals surface area contributed by atoms with Gasteiger partial charge in [0.15, 0.2) is 29.5 Å². The van der Waals surface area contributed by atoms with Gasteiger partial charge >= 0.3 is 17.9 Å². The zero-order valence-corrected chi connectivity index (χ0v) is 18.2. The molecule has 1 aliphatic rings. The van der Waals surface area contributed by atoms with Crippen LogP contribution in [0.4, 0.5) is 4.39 Å². The number of carbonyl (C=O) groups is 3. The third kappa shape index (κ3) is 5.90. The van der Waals surface area contributed by atoms with E-state index in [1.54, 1.807) is 0 Å². The molecule has 0 spiro atoms. The molecule has 170 valence electrons. The van der Waals surface area contributed by atoms with Crippen LogP contribution < -0.4 is 4.74 Å². The first-order valence-corrected chi connectivity index (χ1v) is 10.5. The first kappa shape index (κ1) is 23.4. The minimum absolute atomic E-state index is 0.161. The molecule has 12 heteroatoms. The second-order valence-corrected chi connectivity index (χ2v) is 7.86. The van der Waals surface area contributed by atoms with Crippen molar-refractivity contribution < 1.29 is 37.7 Å². The van der Waals surface area contributed by atoms with Crippen LogP contribution in [0.15, 0.2) is 30.9 Å². The highest BCUT2D eigenvalue weighted by molar-refractivity contribution is 7.99. The lowest BCUT2D eigenvalue weighted by molar-refractivity contribution is -0.186. The molecule has 1 fully saturated rings. The number of thioether (sulfide) groups is 1.